The zero-order valence-electron chi connectivity index (χ0n) is 12.9. The third-order valence-electron chi connectivity index (χ3n) is 2.43. The molecule has 7 heteroatoms. The Morgan fingerprint density at radius 3 is 1.91 bits per heavy atom. The van der Waals surface area contributed by atoms with Gasteiger partial charge in [0.1, 0.15) is 18.3 Å². The molecule has 3 atom stereocenters. The Morgan fingerprint density at radius 1 is 0.773 bits per heavy atom. The van der Waals surface area contributed by atoms with E-state index < -0.39 is 18.3 Å². The minimum absolute atomic E-state index is 0.0209. The van der Waals surface area contributed by atoms with Gasteiger partial charge in [0, 0.05) is 0 Å². The van der Waals surface area contributed by atoms with E-state index in [1.807, 2.05) is 0 Å². The van der Waals surface area contributed by atoms with E-state index >= 15 is 0 Å². The lowest BCUT2D eigenvalue weighted by molar-refractivity contribution is -0.0969. The number of aliphatic hydroxyl groups excluding tert-OH is 3. The average molecular weight is 320 g/mol. The van der Waals surface area contributed by atoms with Crippen molar-refractivity contribution < 1.29 is 34.3 Å². The van der Waals surface area contributed by atoms with Crippen molar-refractivity contribution >= 4 is 0 Å². The van der Waals surface area contributed by atoms with Crippen molar-refractivity contribution in [1.29, 1.82) is 0 Å². The van der Waals surface area contributed by atoms with Crippen molar-refractivity contribution in [1.82, 2.24) is 0 Å². The summed E-state index contributed by atoms with van der Waals surface area (Å²) in [6, 6.07) is 0. The van der Waals surface area contributed by atoms with Gasteiger partial charge in [-0.2, -0.15) is 0 Å². The molecule has 0 fully saturated rings. The molecule has 0 aliphatic carbocycles. The summed E-state index contributed by atoms with van der Waals surface area (Å²) in [5.41, 5.74) is 0. The predicted octanol–water partition coefficient (Wildman–Crippen LogP) is -0.492. The summed E-state index contributed by atoms with van der Waals surface area (Å²) in [4.78, 5) is 0. The fourth-order valence-electron chi connectivity index (χ4n) is 1.40. The van der Waals surface area contributed by atoms with Crippen LogP contribution in [0.3, 0.4) is 0 Å². The third-order valence-corrected chi connectivity index (χ3v) is 2.43. The van der Waals surface area contributed by atoms with Crippen LogP contribution in [-0.2, 0) is 18.9 Å². The van der Waals surface area contributed by atoms with Gasteiger partial charge in [-0.25, -0.2) is 0 Å². The van der Waals surface area contributed by atoms with Crippen molar-refractivity contribution in [3.8, 4) is 0 Å². The number of hydrogen-bond donors (Lipinski definition) is 3. The average Bonchev–Trinajstić information content (AvgIpc) is 2.52. The molecule has 0 aromatic heterocycles. The van der Waals surface area contributed by atoms with Crippen LogP contribution in [0.1, 0.15) is 0 Å². The van der Waals surface area contributed by atoms with Gasteiger partial charge in [0.25, 0.3) is 0 Å². The minimum atomic E-state index is -0.945. The summed E-state index contributed by atoms with van der Waals surface area (Å²) in [5, 5.41) is 27.6. The Hall–Kier alpha value is -0.800. The zero-order valence-corrected chi connectivity index (χ0v) is 12.9. The summed E-state index contributed by atoms with van der Waals surface area (Å²) in [7, 11) is 0. The van der Waals surface area contributed by atoms with E-state index in [1.165, 1.54) is 0 Å². The molecule has 0 saturated carbocycles. The number of aliphatic hydroxyl groups is 3. The molecular formula is C15H28O7. The molecule has 0 aliphatic heterocycles. The van der Waals surface area contributed by atoms with Crippen LogP contribution in [0.25, 0.3) is 0 Å². The lowest BCUT2D eigenvalue weighted by Gasteiger charge is -2.20. The van der Waals surface area contributed by atoms with Crippen LogP contribution in [0.2, 0.25) is 0 Å². The Morgan fingerprint density at radius 2 is 1.32 bits per heavy atom. The second-order valence-corrected chi connectivity index (χ2v) is 4.64. The van der Waals surface area contributed by atoms with E-state index in [9.17, 15) is 10.2 Å². The minimum Gasteiger partial charge on any atom is -0.394 e. The maximum Gasteiger partial charge on any atom is 0.104 e. The first-order chi connectivity index (χ1) is 10.6. The van der Waals surface area contributed by atoms with Crippen molar-refractivity contribution in [2.24, 2.45) is 0 Å². The second kappa shape index (κ2) is 15.1. The third kappa shape index (κ3) is 12.9. The Kier molecular flexibility index (Phi) is 14.6. The fourth-order valence-corrected chi connectivity index (χ4v) is 1.40. The highest BCUT2D eigenvalue weighted by molar-refractivity contribution is 4.67. The molecule has 0 aliphatic rings. The monoisotopic (exact) mass is 320 g/mol. The molecule has 0 saturated heterocycles. The van der Waals surface area contributed by atoms with Crippen LogP contribution >= 0.6 is 0 Å². The van der Waals surface area contributed by atoms with Crippen LogP contribution in [0.4, 0.5) is 0 Å². The first kappa shape index (κ1) is 21.2. The van der Waals surface area contributed by atoms with Crippen LogP contribution in [0.15, 0.2) is 25.3 Å². The molecule has 0 heterocycles. The van der Waals surface area contributed by atoms with Gasteiger partial charge in [-0.05, 0) is 0 Å². The van der Waals surface area contributed by atoms with Crippen molar-refractivity contribution in [3.05, 3.63) is 25.3 Å². The van der Waals surface area contributed by atoms with Gasteiger partial charge in [0.05, 0.1) is 52.9 Å². The predicted molar refractivity (Wildman–Crippen MR) is 81.7 cm³/mol. The molecule has 0 spiro atoms. The largest absolute Gasteiger partial charge is 0.394 e. The SMILES string of the molecule is C=CCOCC(O)COCC(COCC=C)OCC(O)CO. The highest BCUT2D eigenvalue weighted by Crippen LogP contribution is 1.99. The quantitative estimate of drug-likeness (QED) is 0.261. The van der Waals surface area contributed by atoms with E-state index in [0.29, 0.717) is 13.2 Å². The lowest BCUT2D eigenvalue weighted by Crippen LogP contribution is -2.32. The lowest BCUT2D eigenvalue weighted by atomic mass is 10.3. The van der Waals surface area contributed by atoms with Crippen molar-refractivity contribution in [2.75, 3.05) is 52.9 Å². The molecule has 0 aromatic carbocycles. The summed E-state index contributed by atoms with van der Waals surface area (Å²) in [6.07, 6.45) is 1.11. The highest BCUT2D eigenvalue weighted by atomic mass is 16.6. The maximum atomic E-state index is 9.62. The van der Waals surface area contributed by atoms with Gasteiger partial charge in [-0.3, -0.25) is 0 Å². The van der Waals surface area contributed by atoms with Gasteiger partial charge in [-0.1, -0.05) is 12.2 Å². The van der Waals surface area contributed by atoms with E-state index in [-0.39, 0.29) is 39.6 Å². The molecule has 0 radical (unpaired) electrons. The van der Waals surface area contributed by atoms with Gasteiger partial charge in [0.2, 0.25) is 0 Å². The van der Waals surface area contributed by atoms with Crippen molar-refractivity contribution in [2.45, 2.75) is 18.3 Å². The normalized spacial score (nSPS) is 15.2. The molecular weight excluding hydrogens is 292 g/mol. The Bertz CT molecular complexity index is 273. The summed E-state index contributed by atoms with van der Waals surface area (Å²) in [5.74, 6) is 0. The zero-order chi connectivity index (χ0) is 16.6. The molecule has 7 nitrogen and oxygen atoms in total. The fraction of sp³-hybridized carbons (Fsp3) is 0.733. The van der Waals surface area contributed by atoms with E-state index in [4.69, 9.17) is 24.1 Å². The standard InChI is InChI=1S/C15H28O7/c1-3-5-19-8-14(18)9-21-12-15(11-20-6-4-2)22-10-13(17)7-16/h3-4,13-18H,1-2,5-12H2. The maximum absolute atomic E-state index is 9.62. The first-order valence-corrected chi connectivity index (χ1v) is 7.17. The topological polar surface area (TPSA) is 97.6 Å². The van der Waals surface area contributed by atoms with Crippen LogP contribution in [-0.4, -0.2) is 86.5 Å². The number of hydrogen-bond acceptors (Lipinski definition) is 7. The van der Waals surface area contributed by atoms with Crippen LogP contribution < -0.4 is 0 Å². The second-order valence-electron chi connectivity index (χ2n) is 4.64. The molecule has 0 bridgehead atoms. The summed E-state index contributed by atoms with van der Waals surface area (Å²) < 4.78 is 21.1. The van der Waals surface area contributed by atoms with Gasteiger partial charge in [-0.15, -0.1) is 13.2 Å². The Labute approximate surface area is 131 Å². The molecule has 0 amide bonds. The molecule has 0 aromatic rings. The summed E-state index contributed by atoms with van der Waals surface area (Å²) in [6.45, 7) is 8.10. The van der Waals surface area contributed by atoms with E-state index in [1.54, 1.807) is 12.2 Å². The van der Waals surface area contributed by atoms with E-state index in [2.05, 4.69) is 13.2 Å². The molecule has 0 rings (SSSR count). The molecule has 130 valence electrons. The van der Waals surface area contributed by atoms with Gasteiger partial charge >= 0.3 is 0 Å². The number of ether oxygens (including phenoxy) is 4. The van der Waals surface area contributed by atoms with Gasteiger partial charge < -0.3 is 34.3 Å². The van der Waals surface area contributed by atoms with E-state index in [0.717, 1.165) is 0 Å². The van der Waals surface area contributed by atoms with Crippen molar-refractivity contribution in [3.63, 3.8) is 0 Å². The molecule has 3 unspecified atom stereocenters. The van der Waals surface area contributed by atoms with Crippen LogP contribution in [0.5, 0.6) is 0 Å². The first-order valence-electron chi connectivity index (χ1n) is 7.17. The smallest absolute Gasteiger partial charge is 0.104 e. The molecule has 3 N–H and O–H groups in total. The summed E-state index contributed by atoms with van der Waals surface area (Å²) >= 11 is 0. The Balaban J connectivity index is 3.93. The highest BCUT2D eigenvalue weighted by Gasteiger charge is 2.14. The van der Waals surface area contributed by atoms with Crippen LogP contribution in [0, 0.1) is 0 Å². The number of rotatable bonds is 16. The molecule has 22 heavy (non-hydrogen) atoms. The van der Waals surface area contributed by atoms with Gasteiger partial charge in [0.15, 0.2) is 0 Å².